The summed E-state index contributed by atoms with van der Waals surface area (Å²) in [5.74, 6) is 0. The van der Waals surface area contributed by atoms with Crippen LogP contribution in [0.2, 0.25) is 0 Å². The highest BCUT2D eigenvalue weighted by atomic mass is 16.3. The normalized spacial score (nSPS) is 11.8. The lowest BCUT2D eigenvalue weighted by Gasteiger charge is -1.90. The quantitative estimate of drug-likeness (QED) is 0.630. The molecule has 0 saturated heterocycles. The van der Waals surface area contributed by atoms with Crippen molar-refractivity contribution in [2.75, 3.05) is 6.54 Å². The van der Waals surface area contributed by atoms with Gasteiger partial charge in [-0.2, -0.15) is 0 Å². The molecule has 0 aromatic heterocycles. The summed E-state index contributed by atoms with van der Waals surface area (Å²) < 4.78 is 0. The van der Waals surface area contributed by atoms with E-state index in [2.05, 4.69) is 6.92 Å². The maximum atomic E-state index is 8.36. The highest BCUT2D eigenvalue weighted by molar-refractivity contribution is 4.38. The zero-order chi connectivity index (χ0) is 9.82. The highest BCUT2D eigenvalue weighted by Crippen LogP contribution is 1.95. The maximum absolute atomic E-state index is 8.36. The highest BCUT2D eigenvalue weighted by Gasteiger charge is 1.81. The molecule has 0 aliphatic rings. The van der Waals surface area contributed by atoms with Crippen molar-refractivity contribution in [2.24, 2.45) is 5.73 Å². The standard InChI is InChI=1S/C6H15N.C4H10O/c1-2-3-4-5-6-7;1-3-4(2)5/h2-7H2,1H3;4-5H,3H2,1-2H3. The van der Waals surface area contributed by atoms with E-state index in [9.17, 15) is 0 Å². The predicted octanol–water partition coefficient (Wildman–Crippen LogP) is 2.30. The lowest BCUT2D eigenvalue weighted by atomic mass is 10.2. The molecule has 0 rings (SSSR count). The molecular weight excluding hydrogens is 150 g/mol. The molecule has 0 aromatic rings. The summed E-state index contributed by atoms with van der Waals surface area (Å²) in [6.45, 7) is 6.79. The average molecular weight is 175 g/mol. The van der Waals surface area contributed by atoms with Crippen molar-refractivity contribution >= 4 is 0 Å². The maximum Gasteiger partial charge on any atom is 0.0509 e. The van der Waals surface area contributed by atoms with Crippen LogP contribution >= 0.6 is 0 Å². The molecule has 3 N–H and O–H groups in total. The summed E-state index contributed by atoms with van der Waals surface area (Å²) in [6, 6.07) is 0. The summed E-state index contributed by atoms with van der Waals surface area (Å²) in [5, 5.41) is 8.36. The van der Waals surface area contributed by atoms with E-state index in [1.54, 1.807) is 6.92 Å². The fourth-order valence-corrected chi connectivity index (χ4v) is 0.571. The van der Waals surface area contributed by atoms with Crippen LogP contribution in [0.4, 0.5) is 0 Å². The Morgan fingerprint density at radius 2 is 1.67 bits per heavy atom. The number of rotatable bonds is 5. The smallest absolute Gasteiger partial charge is 0.0509 e. The predicted molar refractivity (Wildman–Crippen MR) is 55.2 cm³/mol. The van der Waals surface area contributed by atoms with Crippen molar-refractivity contribution in [2.45, 2.75) is 59.0 Å². The molecule has 0 fully saturated rings. The van der Waals surface area contributed by atoms with Gasteiger partial charge in [-0.25, -0.2) is 0 Å². The van der Waals surface area contributed by atoms with E-state index in [1.165, 1.54) is 25.7 Å². The van der Waals surface area contributed by atoms with Crippen molar-refractivity contribution in [3.8, 4) is 0 Å². The van der Waals surface area contributed by atoms with Gasteiger partial charge in [-0.05, 0) is 26.3 Å². The third-order valence-corrected chi connectivity index (χ3v) is 1.65. The van der Waals surface area contributed by atoms with Gasteiger partial charge in [-0.3, -0.25) is 0 Å². The van der Waals surface area contributed by atoms with Crippen LogP contribution in [0.25, 0.3) is 0 Å². The van der Waals surface area contributed by atoms with Crippen LogP contribution in [0, 0.1) is 0 Å². The van der Waals surface area contributed by atoms with Gasteiger partial charge in [0.15, 0.2) is 0 Å². The van der Waals surface area contributed by atoms with Gasteiger partial charge in [0.05, 0.1) is 6.10 Å². The molecule has 0 aromatic carbocycles. The minimum Gasteiger partial charge on any atom is -0.393 e. The minimum absolute atomic E-state index is 0.116. The summed E-state index contributed by atoms with van der Waals surface area (Å²) in [6.07, 6.45) is 5.91. The van der Waals surface area contributed by atoms with Crippen molar-refractivity contribution in [3.05, 3.63) is 0 Å². The Kier molecular flexibility index (Phi) is 16.3. The number of hydrogen-bond donors (Lipinski definition) is 2. The van der Waals surface area contributed by atoms with E-state index in [4.69, 9.17) is 10.8 Å². The number of aliphatic hydroxyl groups excluding tert-OH is 1. The molecular formula is C10H25NO. The van der Waals surface area contributed by atoms with Crippen LogP contribution in [-0.2, 0) is 0 Å². The Morgan fingerprint density at radius 1 is 1.17 bits per heavy atom. The van der Waals surface area contributed by atoms with Crippen LogP contribution in [0.15, 0.2) is 0 Å². The molecule has 0 saturated carbocycles. The van der Waals surface area contributed by atoms with Gasteiger partial charge < -0.3 is 10.8 Å². The van der Waals surface area contributed by atoms with Crippen molar-refractivity contribution in [1.29, 1.82) is 0 Å². The van der Waals surface area contributed by atoms with Crippen molar-refractivity contribution in [1.82, 2.24) is 0 Å². The molecule has 1 atom stereocenters. The van der Waals surface area contributed by atoms with E-state index in [1.807, 2.05) is 6.92 Å². The molecule has 0 heterocycles. The lowest BCUT2D eigenvalue weighted by Crippen LogP contribution is -1.97. The van der Waals surface area contributed by atoms with Crippen LogP contribution in [0.1, 0.15) is 52.9 Å². The van der Waals surface area contributed by atoms with E-state index >= 15 is 0 Å². The Labute approximate surface area is 77.2 Å². The zero-order valence-corrected chi connectivity index (χ0v) is 8.84. The molecule has 0 amide bonds. The Hall–Kier alpha value is -0.0800. The lowest BCUT2D eigenvalue weighted by molar-refractivity contribution is 0.191. The second-order valence-corrected chi connectivity index (χ2v) is 3.11. The second-order valence-electron chi connectivity index (χ2n) is 3.11. The van der Waals surface area contributed by atoms with E-state index < -0.39 is 0 Å². The second kappa shape index (κ2) is 13.5. The first-order valence-electron chi connectivity index (χ1n) is 5.07. The summed E-state index contributed by atoms with van der Waals surface area (Å²) >= 11 is 0. The fourth-order valence-electron chi connectivity index (χ4n) is 0.571. The fraction of sp³-hybridized carbons (Fsp3) is 1.00. The minimum atomic E-state index is -0.116. The third-order valence-electron chi connectivity index (χ3n) is 1.65. The molecule has 1 unspecified atom stereocenters. The van der Waals surface area contributed by atoms with E-state index in [-0.39, 0.29) is 6.10 Å². The summed E-state index contributed by atoms with van der Waals surface area (Å²) in [7, 11) is 0. The van der Waals surface area contributed by atoms with Gasteiger partial charge in [0.25, 0.3) is 0 Å². The molecule has 76 valence electrons. The number of aliphatic hydroxyl groups is 1. The van der Waals surface area contributed by atoms with Gasteiger partial charge in [0.2, 0.25) is 0 Å². The number of hydrogen-bond acceptors (Lipinski definition) is 2. The zero-order valence-electron chi connectivity index (χ0n) is 8.84. The van der Waals surface area contributed by atoms with E-state index in [0.29, 0.717) is 0 Å². The topological polar surface area (TPSA) is 46.2 Å². The van der Waals surface area contributed by atoms with Crippen molar-refractivity contribution < 1.29 is 5.11 Å². The monoisotopic (exact) mass is 175 g/mol. The van der Waals surface area contributed by atoms with Crippen LogP contribution in [0.3, 0.4) is 0 Å². The van der Waals surface area contributed by atoms with Crippen LogP contribution < -0.4 is 5.73 Å². The first kappa shape index (κ1) is 14.4. The SMILES string of the molecule is CCC(C)O.CCCCCCN. The molecule has 0 bridgehead atoms. The molecule has 0 spiro atoms. The van der Waals surface area contributed by atoms with Gasteiger partial charge in [-0.1, -0.05) is 33.1 Å². The first-order valence-corrected chi connectivity index (χ1v) is 5.07. The average Bonchev–Trinajstić information content (AvgIpc) is 2.07. The van der Waals surface area contributed by atoms with Gasteiger partial charge in [0.1, 0.15) is 0 Å². The summed E-state index contributed by atoms with van der Waals surface area (Å²) in [5.41, 5.74) is 5.27. The van der Waals surface area contributed by atoms with Gasteiger partial charge in [0, 0.05) is 0 Å². The Morgan fingerprint density at radius 3 is 1.92 bits per heavy atom. The van der Waals surface area contributed by atoms with Crippen LogP contribution in [0.5, 0.6) is 0 Å². The number of nitrogens with two attached hydrogens (primary N) is 1. The van der Waals surface area contributed by atoms with Gasteiger partial charge in [-0.15, -0.1) is 0 Å². The number of unbranched alkanes of at least 4 members (excludes halogenated alkanes) is 3. The Balaban J connectivity index is 0. The molecule has 2 nitrogen and oxygen atoms in total. The largest absolute Gasteiger partial charge is 0.393 e. The summed E-state index contributed by atoms with van der Waals surface area (Å²) in [4.78, 5) is 0. The molecule has 0 aliphatic carbocycles. The first-order chi connectivity index (χ1) is 5.68. The Bertz CT molecular complexity index is 60.9. The van der Waals surface area contributed by atoms with Crippen LogP contribution in [-0.4, -0.2) is 17.8 Å². The molecule has 12 heavy (non-hydrogen) atoms. The molecule has 0 radical (unpaired) electrons. The van der Waals surface area contributed by atoms with Gasteiger partial charge >= 0.3 is 0 Å². The molecule has 0 aliphatic heterocycles. The third kappa shape index (κ3) is 22.5. The van der Waals surface area contributed by atoms with E-state index in [0.717, 1.165) is 13.0 Å². The van der Waals surface area contributed by atoms with Crippen molar-refractivity contribution in [3.63, 3.8) is 0 Å². The molecule has 2 heteroatoms.